The van der Waals surface area contributed by atoms with Gasteiger partial charge in [0.25, 0.3) is 5.91 Å². The van der Waals surface area contributed by atoms with Gasteiger partial charge in [0.15, 0.2) is 0 Å². The zero-order valence-electron chi connectivity index (χ0n) is 11.2. The van der Waals surface area contributed by atoms with Crippen LogP contribution in [-0.4, -0.2) is 53.4 Å². The van der Waals surface area contributed by atoms with Crippen LogP contribution >= 0.6 is 0 Å². The van der Waals surface area contributed by atoms with E-state index in [9.17, 15) is 14.0 Å². The third kappa shape index (κ3) is 2.45. The lowest BCUT2D eigenvalue weighted by molar-refractivity contribution is -0.159. The maximum Gasteiger partial charge on any atom is 0.343 e. The SMILES string of the molecule is COC1(C(=O)N2CCC(F)(C(=O)O)C2)CCCCC1. The van der Waals surface area contributed by atoms with Gasteiger partial charge in [-0.1, -0.05) is 19.3 Å². The first kappa shape index (κ1) is 14.2. The average molecular weight is 273 g/mol. The molecule has 0 aromatic carbocycles. The Bertz CT molecular complexity index is 381. The fourth-order valence-electron chi connectivity index (χ4n) is 3.04. The van der Waals surface area contributed by atoms with Crippen molar-refractivity contribution in [2.75, 3.05) is 20.2 Å². The van der Waals surface area contributed by atoms with Crippen molar-refractivity contribution >= 4 is 11.9 Å². The molecule has 108 valence electrons. The van der Waals surface area contributed by atoms with E-state index in [0.717, 1.165) is 19.3 Å². The third-order valence-electron chi connectivity index (χ3n) is 4.33. The minimum atomic E-state index is -2.31. The molecule has 0 spiro atoms. The second-order valence-electron chi connectivity index (χ2n) is 5.51. The molecule has 19 heavy (non-hydrogen) atoms. The summed E-state index contributed by atoms with van der Waals surface area (Å²) in [7, 11) is 1.50. The molecule has 0 aromatic rings. The van der Waals surface area contributed by atoms with E-state index in [4.69, 9.17) is 9.84 Å². The standard InChI is InChI=1S/C13H20FNO4/c1-19-13(5-3-2-4-6-13)10(16)15-8-7-12(14,9-15)11(17)18/h2-9H2,1H3,(H,17,18). The number of amides is 1. The number of alkyl halides is 1. The minimum absolute atomic E-state index is 0.145. The molecular weight excluding hydrogens is 253 g/mol. The maximum absolute atomic E-state index is 14.0. The number of hydrogen-bond acceptors (Lipinski definition) is 3. The lowest BCUT2D eigenvalue weighted by Crippen LogP contribution is -2.52. The van der Waals surface area contributed by atoms with Gasteiger partial charge in [0.05, 0.1) is 6.54 Å². The summed E-state index contributed by atoms with van der Waals surface area (Å²) in [6, 6.07) is 0. The number of carbonyl (C=O) groups excluding carboxylic acids is 1. The van der Waals surface area contributed by atoms with Crippen molar-refractivity contribution < 1.29 is 23.8 Å². The second-order valence-corrected chi connectivity index (χ2v) is 5.51. The van der Waals surface area contributed by atoms with Gasteiger partial charge in [0.2, 0.25) is 5.67 Å². The van der Waals surface area contributed by atoms with Gasteiger partial charge in [0.1, 0.15) is 5.60 Å². The Morgan fingerprint density at radius 3 is 2.32 bits per heavy atom. The summed E-state index contributed by atoms with van der Waals surface area (Å²) in [6.45, 7) is -0.223. The molecule has 1 N–H and O–H groups in total. The van der Waals surface area contributed by atoms with Crippen LogP contribution < -0.4 is 0 Å². The molecule has 6 heteroatoms. The van der Waals surface area contributed by atoms with E-state index in [0.29, 0.717) is 12.8 Å². The normalized spacial score (nSPS) is 30.3. The van der Waals surface area contributed by atoms with E-state index in [-0.39, 0.29) is 25.4 Å². The first-order valence-corrected chi connectivity index (χ1v) is 6.70. The second kappa shape index (κ2) is 5.07. The van der Waals surface area contributed by atoms with Gasteiger partial charge in [-0.2, -0.15) is 0 Å². The first-order valence-electron chi connectivity index (χ1n) is 6.70. The number of hydrogen-bond donors (Lipinski definition) is 1. The van der Waals surface area contributed by atoms with Crippen LogP contribution in [0.15, 0.2) is 0 Å². The van der Waals surface area contributed by atoms with Crippen molar-refractivity contribution in [3.8, 4) is 0 Å². The number of carboxylic acids is 1. The van der Waals surface area contributed by atoms with Crippen LogP contribution in [0.2, 0.25) is 0 Å². The van der Waals surface area contributed by atoms with Gasteiger partial charge in [-0.15, -0.1) is 0 Å². The van der Waals surface area contributed by atoms with Crippen LogP contribution in [0.4, 0.5) is 4.39 Å². The summed E-state index contributed by atoms with van der Waals surface area (Å²) in [4.78, 5) is 24.7. The molecule has 1 saturated heterocycles. The predicted octanol–water partition coefficient (Wildman–Crippen LogP) is 1.36. The van der Waals surface area contributed by atoms with E-state index in [1.54, 1.807) is 0 Å². The van der Waals surface area contributed by atoms with Crippen LogP contribution in [0.1, 0.15) is 38.5 Å². The number of aliphatic carboxylic acids is 1. The number of methoxy groups -OCH3 is 1. The summed E-state index contributed by atoms with van der Waals surface area (Å²) in [5, 5.41) is 8.86. The maximum atomic E-state index is 14.0. The average Bonchev–Trinajstić information content (AvgIpc) is 2.83. The summed E-state index contributed by atoms with van der Waals surface area (Å²) in [5.41, 5.74) is -3.18. The topological polar surface area (TPSA) is 66.8 Å². The fourth-order valence-corrected chi connectivity index (χ4v) is 3.04. The summed E-state index contributed by atoms with van der Waals surface area (Å²) in [6.07, 6.45) is 4.01. The van der Waals surface area contributed by atoms with E-state index in [2.05, 4.69) is 0 Å². The van der Waals surface area contributed by atoms with Gasteiger partial charge < -0.3 is 14.7 Å². The van der Waals surface area contributed by atoms with Gasteiger partial charge in [-0.05, 0) is 12.8 Å². The highest BCUT2D eigenvalue weighted by Gasteiger charge is 2.51. The van der Waals surface area contributed by atoms with E-state index in [1.165, 1.54) is 12.0 Å². The molecule has 2 fully saturated rings. The smallest absolute Gasteiger partial charge is 0.343 e. The van der Waals surface area contributed by atoms with Gasteiger partial charge in [-0.25, -0.2) is 9.18 Å². The Morgan fingerprint density at radius 1 is 1.21 bits per heavy atom. The number of rotatable bonds is 3. The number of ether oxygens (including phenoxy) is 1. The number of carboxylic acid groups (broad SMARTS) is 1. The van der Waals surface area contributed by atoms with E-state index in [1.807, 2.05) is 0 Å². The molecule has 1 aliphatic heterocycles. The molecule has 1 amide bonds. The van der Waals surface area contributed by atoms with Crippen molar-refractivity contribution in [3.05, 3.63) is 0 Å². The summed E-state index contributed by atoms with van der Waals surface area (Å²) < 4.78 is 19.4. The molecule has 0 aromatic heterocycles. The van der Waals surface area contributed by atoms with Crippen molar-refractivity contribution in [1.82, 2.24) is 4.90 Å². The fraction of sp³-hybridized carbons (Fsp3) is 0.846. The zero-order chi connectivity index (χ0) is 14.1. The van der Waals surface area contributed by atoms with E-state index >= 15 is 0 Å². The van der Waals surface area contributed by atoms with E-state index < -0.39 is 17.2 Å². The van der Waals surface area contributed by atoms with Crippen LogP contribution in [0.5, 0.6) is 0 Å². The Balaban J connectivity index is 2.10. The van der Waals surface area contributed by atoms with Crippen molar-refractivity contribution in [1.29, 1.82) is 0 Å². The van der Waals surface area contributed by atoms with Crippen LogP contribution in [0.25, 0.3) is 0 Å². The summed E-state index contributed by atoms with van der Waals surface area (Å²) in [5.74, 6) is -1.74. The quantitative estimate of drug-likeness (QED) is 0.843. The Kier molecular flexibility index (Phi) is 3.80. The minimum Gasteiger partial charge on any atom is -0.479 e. The third-order valence-corrected chi connectivity index (χ3v) is 4.33. The van der Waals surface area contributed by atoms with Crippen LogP contribution in [-0.2, 0) is 14.3 Å². The van der Waals surface area contributed by atoms with Crippen molar-refractivity contribution in [3.63, 3.8) is 0 Å². The molecule has 1 unspecified atom stereocenters. The zero-order valence-corrected chi connectivity index (χ0v) is 11.2. The molecular formula is C13H20FNO4. The number of carbonyl (C=O) groups is 2. The van der Waals surface area contributed by atoms with Crippen LogP contribution in [0, 0.1) is 0 Å². The first-order chi connectivity index (χ1) is 8.93. The summed E-state index contributed by atoms with van der Waals surface area (Å²) >= 11 is 0. The lowest BCUT2D eigenvalue weighted by atomic mass is 9.83. The van der Waals surface area contributed by atoms with Gasteiger partial charge >= 0.3 is 5.97 Å². The van der Waals surface area contributed by atoms with Gasteiger partial charge in [0, 0.05) is 20.1 Å². The highest BCUT2D eigenvalue weighted by Crippen LogP contribution is 2.35. The molecule has 0 radical (unpaired) electrons. The molecule has 5 nitrogen and oxygen atoms in total. The Hall–Kier alpha value is -1.17. The number of nitrogens with zero attached hydrogens (tertiary/aromatic N) is 1. The van der Waals surface area contributed by atoms with Crippen molar-refractivity contribution in [2.24, 2.45) is 0 Å². The predicted molar refractivity (Wildman–Crippen MR) is 65.5 cm³/mol. The monoisotopic (exact) mass is 273 g/mol. The molecule has 1 heterocycles. The molecule has 2 rings (SSSR count). The number of halogens is 1. The lowest BCUT2D eigenvalue weighted by Gasteiger charge is -2.37. The van der Waals surface area contributed by atoms with Gasteiger partial charge in [-0.3, -0.25) is 4.79 Å². The molecule has 2 aliphatic rings. The Labute approximate surface area is 111 Å². The molecule has 1 saturated carbocycles. The highest BCUT2D eigenvalue weighted by atomic mass is 19.1. The van der Waals surface area contributed by atoms with Crippen LogP contribution in [0.3, 0.4) is 0 Å². The number of likely N-dealkylation sites (tertiary alicyclic amines) is 1. The largest absolute Gasteiger partial charge is 0.479 e. The van der Waals surface area contributed by atoms with Crippen molar-refractivity contribution in [2.45, 2.75) is 49.8 Å². The molecule has 0 bridgehead atoms. The molecule has 1 atom stereocenters. The molecule has 1 aliphatic carbocycles. The highest BCUT2D eigenvalue weighted by molar-refractivity contribution is 5.87. The Morgan fingerprint density at radius 2 is 1.84 bits per heavy atom.